The highest BCUT2D eigenvalue weighted by atomic mass is 16.6. The van der Waals surface area contributed by atoms with E-state index in [1.54, 1.807) is 51.2 Å². The molecule has 0 spiro atoms. The number of carbonyl (C=O) groups excluding carboxylic acids is 3. The van der Waals surface area contributed by atoms with Crippen molar-refractivity contribution in [2.75, 3.05) is 14.2 Å². The molecule has 300 valence electrons. The first-order chi connectivity index (χ1) is 24.8. The first-order valence-corrected chi connectivity index (χ1v) is 18.5. The van der Waals surface area contributed by atoms with E-state index in [0.29, 0.717) is 12.0 Å². The Labute approximate surface area is 315 Å². The monoisotopic (exact) mass is 748 g/mol. The number of ether oxygens (including phenoxy) is 6. The molecule has 0 aromatic carbocycles. The third-order valence-electron chi connectivity index (χ3n) is 10.4. The fraction of sp³-hybridized carbons (Fsp3) is 0.683. The van der Waals surface area contributed by atoms with Crippen LogP contribution in [0.2, 0.25) is 0 Å². The third kappa shape index (κ3) is 13.2. The lowest BCUT2D eigenvalue weighted by molar-refractivity contribution is -0.314. The van der Waals surface area contributed by atoms with E-state index >= 15 is 0 Å². The zero-order chi connectivity index (χ0) is 40.2. The molecule has 12 heteroatoms. The van der Waals surface area contributed by atoms with Crippen LogP contribution in [0, 0.1) is 29.6 Å². The second kappa shape index (κ2) is 21.0. The van der Waals surface area contributed by atoms with Crippen LogP contribution in [0.4, 0.5) is 0 Å². The van der Waals surface area contributed by atoms with Gasteiger partial charge in [0.25, 0.3) is 0 Å². The van der Waals surface area contributed by atoms with Crippen LogP contribution in [0.5, 0.6) is 0 Å². The van der Waals surface area contributed by atoms with Crippen molar-refractivity contribution in [1.29, 1.82) is 0 Å². The number of hydrogen-bond donors (Lipinski definition) is 3. The third-order valence-corrected chi connectivity index (χ3v) is 10.4. The molecule has 2 aliphatic rings. The number of cyclic esters (lactones) is 1. The quantitative estimate of drug-likeness (QED) is 0.154. The summed E-state index contributed by atoms with van der Waals surface area (Å²) in [4.78, 5) is 37.7. The minimum Gasteiger partial charge on any atom is -0.490 e. The highest BCUT2D eigenvalue weighted by Crippen LogP contribution is 2.41. The number of esters is 3. The fourth-order valence-corrected chi connectivity index (χ4v) is 7.11. The Morgan fingerprint density at radius 2 is 1.68 bits per heavy atom. The van der Waals surface area contributed by atoms with E-state index in [9.17, 15) is 29.7 Å². The van der Waals surface area contributed by atoms with Gasteiger partial charge in [0.1, 0.15) is 24.4 Å². The number of methoxy groups -OCH3 is 2. The summed E-state index contributed by atoms with van der Waals surface area (Å²) in [7, 11) is 2.80. The van der Waals surface area contributed by atoms with Crippen LogP contribution in [0.3, 0.4) is 0 Å². The van der Waals surface area contributed by atoms with E-state index in [2.05, 4.69) is 0 Å². The van der Waals surface area contributed by atoms with Crippen molar-refractivity contribution in [1.82, 2.24) is 0 Å². The van der Waals surface area contributed by atoms with Gasteiger partial charge in [0.2, 0.25) is 5.76 Å². The largest absolute Gasteiger partial charge is 0.490 e. The number of carbonyl (C=O) groups is 3. The number of allylic oxidation sites excluding steroid dienone is 6. The molecular weight excluding hydrogens is 684 g/mol. The Kier molecular flexibility index (Phi) is 18.1. The van der Waals surface area contributed by atoms with Gasteiger partial charge in [-0.1, -0.05) is 82.2 Å². The molecule has 0 amide bonds. The summed E-state index contributed by atoms with van der Waals surface area (Å²) >= 11 is 0. The maximum Gasteiger partial charge on any atom is 0.373 e. The van der Waals surface area contributed by atoms with Crippen molar-refractivity contribution < 1.29 is 58.1 Å². The second-order valence-corrected chi connectivity index (χ2v) is 14.9. The molecule has 1 saturated heterocycles. The number of rotatable bonds is 9. The summed E-state index contributed by atoms with van der Waals surface area (Å²) in [5.41, 5.74) is 1.58. The average Bonchev–Trinajstić information content (AvgIpc) is 3.08. The van der Waals surface area contributed by atoms with Crippen molar-refractivity contribution in [3.63, 3.8) is 0 Å². The number of aliphatic hydroxyl groups is 3. The first kappa shape index (κ1) is 45.9. The lowest BCUT2D eigenvalue weighted by Gasteiger charge is -2.48. The van der Waals surface area contributed by atoms with E-state index in [4.69, 9.17) is 28.4 Å². The molecular formula is C41H64O12. The highest BCUT2D eigenvalue weighted by Gasteiger charge is 2.52. The molecule has 2 heterocycles. The van der Waals surface area contributed by atoms with Crippen molar-refractivity contribution in [3.8, 4) is 0 Å². The standard InChI is InChI=1S/C41H64O12/c1-13-15-33-27(6)37(51-31(10)43)22-41(47,53-33)29(8)38(45)28(7)39-34(48-11)17-14-16-23(2)18-26(5)35(50-30(9)42)21-32(44)25(4)19-24(3)20-36(49-12)40(46)52-39/h13-17,19-20,25-29,32-35,37-39,44-45,47H,18,21-22H2,1-12H3/b15-13+,17-14+,23-16+,24-19+,36-20-/t25-,26-,27-,28+,29+,32+,33-,34+,35-,37-,38-,39-,41-/m1/s1. The predicted octanol–water partition coefficient (Wildman–Crippen LogP) is 5.51. The van der Waals surface area contributed by atoms with Crippen LogP contribution < -0.4 is 0 Å². The molecule has 0 aromatic rings. The maximum absolute atomic E-state index is 13.8. The van der Waals surface area contributed by atoms with Crippen LogP contribution in [-0.2, 0) is 42.8 Å². The summed E-state index contributed by atoms with van der Waals surface area (Å²) in [5.74, 6) is -6.31. The minimum absolute atomic E-state index is 0.0824. The van der Waals surface area contributed by atoms with Gasteiger partial charge in [0.15, 0.2) is 5.79 Å². The predicted molar refractivity (Wildman–Crippen MR) is 200 cm³/mol. The van der Waals surface area contributed by atoms with E-state index in [-0.39, 0.29) is 36.4 Å². The van der Waals surface area contributed by atoms with Gasteiger partial charge in [-0.15, -0.1) is 0 Å². The minimum atomic E-state index is -1.91. The fourth-order valence-electron chi connectivity index (χ4n) is 7.11. The normalized spacial score (nSPS) is 37.8. The van der Waals surface area contributed by atoms with Gasteiger partial charge >= 0.3 is 17.9 Å². The molecule has 0 aliphatic carbocycles. The maximum atomic E-state index is 13.8. The topological polar surface area (TPSA) is 167 Å². The van der Waals surface area contributed by atoms with E-state index in [1.807, 2.05) is 40.7 Å². The lowest BCUT2D eigenvalue weighted by atomic mass is 9.77. The molecule has 3 N–H and O–H groups in total. The molecule has 0 radical (unpaired) electrons. The highest BCUT2D eigenvalue weighted by molar-refractivity contribution is 5.87. The molecule has 13 atom stereocenters. The van der Waals surface area contributed by atoms with Crippen LogP contribution in [0.15, 0.2) is 59.4 Å². The van der Waals surface area contributed by atoms with Gasteiger partial charge in [0, 0.05) is 57.5 Å². The molecule has 2 aliphatic heterocycles. The van der Waals surface area contributed by atoms with Crippen molar-refractivity contribution in [2.45, 2.75) is 137 Å². The molecule has 1 fully saturated rings. The molecule has 2 rings (SSSR count). The Morgan fingerprint density at radius 1 is 1.06 bits per heavy atom. The summed E-state index contributed by atoms with van der Waals surface area (Å²) in [6.07, 6.45) is 7.01. The lowest BCUT2D eigenvalue weighted by Crippen LogP contribution is -2.58. The van der Waals surface area contributed by atoms with E-state index in [1.165, 1.54) is 34.1 Å². The van der Waals surface area contributed by atoms with Gasteiger partial charge in [-0.25, -0.2) is 4.79 Å². The smallest absolute Gasteiger partial charge is 0.373 e. The van der Waals surface area contributed by atoms with Crippen LogP contribution >= 0.6 is 0 Å². The molecule has 0 bridgehead atoms. The first-order valence-electron chi connectivity index (χ1n) is 18.5. The van der Waals surface area contributed by atoms with Crippen LogP contribution in [0.25, 0.3) is 0 Å². The Bertz CT molecular complexity index is 1380. The molecule has 12 nitrogen and oxygen atoms in total. The van der Waals surface area contributed by atoms with Crippen LogP contribution in [0.1, 0.15) is 88.5 Å². The van der Waals surface area contributed by atoms with Gasteiger partial charge in [-0.2, -0.15) is 0 Å². The molecule has 0 aromatic heterocycles. The van der Waals surface area contributed by atoms with Crippen molar-refractivity contribution in [2.24, 2.45) is 29.6 Å². The summed E-state index contributed by atoms with van der Waals surface area (Å²) in [6, 6.07) is 0. The van der Waals surface area contributed by atoms with E-state index in [0.717, 1.165) is 5.57 Å². The number of aliphatic hydroxyl groups excluding tert-OH is 2. The summed E-state index contributed by atoms with van der Waals surface area (Å²) < 4.78 is 34.8. The molecule has 53 heavy (non-hydrogen) atoms. The van der Waals surface area contributed by atoms with Crippen LogP contribution in [-0.4, -0.2) is 96.0 Å². The van der Waals surface area contributed by atoms with Crippen molar-refractivity contribution in [3.05, 3.63) is 59.4 Å². The van der Waals surface area contributed by atoms with Gasteiger partial charge in [-0.3, -0.25) is 9.59 Å². The molecule has 0 saturated carbocycles. The Balaban J connectivity index is 2.61. The van der Waals surface area contributed by atoms with Gasteiger partial charge in [0.05, 0.1) is 25.4 Å². The average molecular weight is 749 g/mol. The number of hydrogen-bond acceptors (Lipinski definition) is 12. The molecule has 0 unspecified atom stereocenters. The van der Waals surface area contributed by atoms with E-state index < -0.39 is 78.3 Å². The van der Waals surface area contributed by atoms with Crippen molar-refractivity contribution >= 4 is 17.9 Å². The summed E-state index contributed by atoms with van der Waals surface area (Å²) in [6.45, 7) is 17.2. The Hall–Kier alpha value is -3.29. The van der Waals surface area contributed by atoms with Gasteiger partial charge < -0.3 is 43.7 Å². The Morgan fingerprint density at radius 3 is 2.25 bits per heavy atom. The zero-order valence-electron chi connectivity index (χ0n) is 33.6. The van der Waals surface area contributed by atoms with Gasteiger partial charge in [-0.05, 0) is 39.2 Å². The summed E-state index contributed by atoms with van der Waals surface area (Å²) in [5, 5.41) is 35.0. The zero-order valence-corrected chi connectivity index (χ0v) is 33.6. The second-order valence-electron chi connectivity index (χ2n) is 14.9. The SMILES string of the molecule is C/C=C/[C@H]1O[C@@](O)([C@@H](C)[C@H](O)[C@H](C)[C@H]2OC(=O)/C(OC)=C/C(C)=C/[C@@H](C)[C@@H](O)C[C@@H](OC(C)=O)[C@H](C)C/C(C)=C/C=C/[C@@H]2OC)C[C@@H](OC(C)=O)[C@@H]1C.